The molecule has 1 saturated heterocycles. The molecule has 1 fully saturated rings. The van der Waals surface area contributed by atoms with Crippen molar-refractivity contribution in [1.29, 1.82) is 0 Å². The van der Waals surface area contributed by atoms with Crippen molar-refractivity contribution in [2.45, 2.75) is 37.0 Å². The minimum Gasteiger partial charge on any atom is -0.326 e. The maximum Gasteiger partial charge on any atom is 0.154 e. The summed E-state index contributed by atoms with van der Waals surface area (Å²) in [6.07, 6.45) is 4.62. The number of rotatable bonds is 3. The van der Waals surface area contributed by atoms with Gasteiger partial charge in [-0.3, -0.25) is 4.68 Å². The lowest BCUT2D eigenvalue weighted by Gasteiger charge is -2.26. The molecule has 0 bridgehead atoms. The van der Waals surface area contributed by atoms with Crippen molar-refractivity contribution in [2.24, 2.45) is 12.8 Å². The first kappa shape index (κ1) is 12.5. The van der Waals surface area contributed by atoms with Gasteiger partial charge in [-0.05, 0) is 12.8 Å². The molecular formula is C10H18N4O2S. The maximum atomic E-state index is 11.9. The second kappa shape index (κ2) is 4.73. The highest BCUT2D eigenvalue weighted by atomic mass is 32.2. The van der Waals surface area contributed by atoms with Gasteiger partial charge in [0, 0.05) is 25.7 Å². The highest BCUT2D eigenvalue weighted by Crippen LogP contribution is 2.22. The molecule has 2 N–H and O–H groups in total. The van der Waals surface area contributed by atoms with Crippen LogP contribution in [0.5, 0.6) is 0 Å². The fraction of sp³-hybridized carbons (Fsp3) is 0.800. The first-order chi connectivity index (χ1) is 7.99. The second-order valence-corrected chi connectivity index (χ2v) is 6.99. The van der Waals surface area contributed by atoms with Crippen LogP contribution in [0.4, 0.5) is 0 Å². The van der Waals surface area contributed by atoms with E-state index >= 15 is 0 Å². The van der Waals surface area contributed by atoms with Crippen molar-refractivity contribution in [2.75, 3.05) is 5.75 Å². The zero-order valence-electron chi connectivity index (χ0n) is 9.91. The Morgan fingerprint density at radius 2 is 2.35 bits per heavy atom. The van der Waals surface area contributed by atoms with Crippen LogP contribution in [0.25, 0.3) is 0 Å². The molecule has 2 heterocycles. The van der Waals surface area contributed by atoms with E-state index in [4.69, 9.17) is 5.73 Å². The average Bonchev–Trinajstić information content (AvgIpc) is 2.63. The average molecular weight is 258 g/mol. The molecule has 2 unspecified atom stereocenters. The molecule has 1 aliphatic heterocycles. The molecule has 1 aromatic rings. The third-order valence-corrected chi connectivity index (χ3v) is 5.57. The van der Waals surface area contributed by atoms with Gasteiger partial charge in [0.15, 0.2) is 9.84 Å². The smallest absolute Gasteiger partial charge is 0.154 e. The van der Waals surface area contributed by atoms with Crippen molar-refractivity contribution >= 4 is 9.84 Å². The summed E-state index contributed by atoms with van der Waals surface area (Å²) in [4.78, 5) is 0. The standard InChI is InChI=1S/C10H18N4O2S/c1-14-7-8(12-13-14)6-9(11)10-4-2-3-5-17(10,15)16/h7,9-10H,2-6,11H2,1H3. The molecule has 0 spiro atoms. The van der Waals surface area contributed by atoms with E-state index in [1.54, 1.807) is 17.9 Å². The van der Waals surface area contributed by atoms with Gasteiger partial charge in [0.2, 0.25) is 0 Å². The molecule has 2 rings (SSSR count). The first-order valence-corrected chi connectivity index (χ1v) is 7.53. The molecule has 17 heavy (non-hydrogen) atoms. The maximum absolute atomic E-state index is 11.9. The SMILES string of the molecule is Cn1cc(CC(N)C2CCCCS2(=O)=O)nn1. The Morgan fingerprint density at radius 3 is 2.94 bits per heavy atom. The Kier molecular flexibility index (Phi) is 3.48. The van der Waals surface area contributed by atoms with Crippen molar-refractivity contribution < 1.29 is 8.42 Å². The van der Waals surface area contributed by atoms with E-state index in [0.717, 1.165) is 18.5 Å². The van der Waals surface area contributed by atoms with Gasteiger partial charge in [-0.1, -0.05) is 11.6 Å². The van der Waals surface area contributed by atoms with Gasteiger partial charge in [0.05, 0.1) is 16.7 Å². The van der Waals surface area contributed by atoms with Gasteiger partial charge < -0.3 is 5.73 Å². The molecule has 0 aliphatic carbocycles. The molecule has 0 amide bonds. The summed E-state index contributed by atoms with van der Waals surface area (Å²) in [5, 5.41) is 7.33. The minimum atomic E-state index is -3.02. The quantitative estimate of drug-likeness (QED) is 0.800. The van der Waals surface area contributed by atoms with E-state index in [0.29, 0.717) is 12.8 Å². The van der Waals surface area contributed by atoms with Crippen molar-refractivity contribution in [1.82, 2.24) is 15.0 Å². The number of hydrogen-bond acceptors (Lipinski definition) is 5. The van der Waals surface area contributed by atoms with Gasteiger partial charge in [-0.15, -0.1) is 5.10 Å². The van der Waals surface area contributed by atoms with Crippen LogP contribution in [0.2, 0.25) is 0 Å². The third-order valence-electron chi connectivity index (χ3n) is 3.20. The Bertz CT molecular complexity index is 482. The highest BCUT2D eigenvalue weighted by Gasteiger charge is 2.33. The number of hydrogen-bond donors (Lipinski definition) is 1. The zero-order chi connectivity index (χ0) is 12.5. The van der Waals surface area contributed by atoms with Crippen LogP contribution < -0.4 is 5.73 Å². The van der Waals surface area contributed by atoms with Crippen molar-refractivity contribution in [3.05, 3.63) is 11.9 Å². The Hall–Kier alpha value is -0.950. The Labute approximate surface area is 101 Å². The topological polar surface area (TPSA) is 90.9 Å². The number of nitrogens with zero attached hydrogens (tertiary/aromatic N) is 3. The van der Waals surface area contributed by atoms with E-state index in [1.807, 2.05) is 0 Å². The predicted molar refractivity (Wildman–Crippen MR) is 64.1 cm³/mol. The molecule has 0 saturated carbocycles. The summed E-state index contributed by atoms with van der Waals surface area (Å²) in [7, 11) is -1.24. The molecule has 7 heteroatoms. The monoisotopic (exact) mass is 258 g/mol. The van der Waals surface area contributed by atoms with Crippen LogP contribution in [0.1, 0.15) is 25.0 Å². The zero-order valence-corrected chi connectivity index (χ0v) is 10.7. The summed E-state index contributed by atoms with van der Waals surface area (Å²) in [5.74, 6) is 0.270. The second-order valence-electron chi connectivity index (χ2n) is 4.65. The first-order valence-electron chi connectivity index (χ1n) is 5.81. The van der Waals surface area contributed by atoms with E-state index in [9.17, 15) is 8.42 Å². The van der Waals surface area contributed by atoms with E-state index in [-0.39, 0.29) is 11.8 Å². The summed E-state index contributed by atoms with van der Waals surface area (Å²) >= 11 is 0. The van der Waals surface area contributed by atoms with Crippen LogP contribution >= 0.6 is 0 Å². The summed E-state index contributed by atoms with van der Waals surface area (Å²) in [5.41, 5.74) is 6.76. The van der Waals surface area contributed by atoms with Crippen LogP contribution in [0, 0.1) is 0 Å². The molecule has 6 nitrogen and oxygen atoms in total. The van der Waals surface area contributed by atoms with Gasteiger partial charge in [0.25, 0.3) is 0 Å². The lowest BCUT2D eigenvalue weighted by molar-refractivity contribution is 0.493. The van der Waals surface area contributed by atoms with E-state index in [2.05, 4.69) is 10.3 Å². The molecular weight excluding hydrogens is 240 g/mol. The van der Waals surface area contributed by atoms with E-state index in [1.165, 1.54) is 0 Å². The van der Waals surface area contributed by atoms with Gasteiger partial charge in [-0.2, -0.15) is 0 Å². The predicted octanol–water partition coefficient (Wildman–Crippen LogP) is -0.348. The van der Waals surface area contributed by atoms with Crippen LogP contribution in [-0.2, 0) is 23.3 Å². The third kappa shape index (κ3) is 2.84. The number of aromatic nitrogens is 3. The summed E-state index contributed by atoms with van der Waals surface area (Å²) in [6.45, 7) is 0. The number of nitrogens with two attached hydrogens (primary N) is 1. The fourth-order valence-corrected chi connectivity index (χ4v) is 4.39. The molecule has 0 aromatic carbocycles. The summed E-state index contributed by atoms with van der Waals surface area (Å²) < 4.78 is 25.4. The summed E-state index contributed by atoms with van der Waals surface area (Å²) in [6, 6.07) is -0.378. The van der Waals surface area contributed by atoms with Gasteiger partial charge in [0.1, 0.15) is 0 Å². The lowest BCUT2D eigenvalue weighted by atomic mass is 10.0. The molecule has 96 valence electrons. The van der Waals surface area contributed by atoms with Crippen LogP contribution in [0.3, 0.4) is 0 Å². The van der Waals surface area contributed by atoms with Gasteiger partial charge in [-0.25, -0.2) is 8.42 Å². The molecule has 1 aromatic heterocycles. The van der Waals surface area contributed by atoms with Crippen molar-refractivity contribution in [3.63, 3.8) is 0 Å². The minimum absolute atomic E-state index is 0.270. The van der Waals surface area contributed by atoms with E-state index < -0.39 is 15.1 Å². The molecule has 1 aliphatic rings. The lowest BCUT2D eigenvalue weighted by Crippen LogP contribution is -2.44. The number of aryl methyl sites for hydroxylation is 1. The largest absolute Gasteiger partial charge is 0.326 e. The fourth-order valence-electron chi connectivity index (χ4n) is 2.32. The van der Waals surface area contributed by atoms with Crippen LogP contribution in [0.15, 0.2) is 6.20 Å². The van der Waals surface area contributed by atoms with Crippen LogP contribution in [-0.4, -0.2) is 40.5 Å². The molecule has 0 radical (unpaired) electrons. The Morgan fingerprint density at radius 1 is 1.59 bits per heavy atom. The Balaban J connectivity index is 2.06. The number of sulfone groups is 1. The molecule has 2 atom stereocenters. The van der Waals surface area contributed by atoms with Crippen molar-refractivity contribution in [3.8, 4) is 0 Å². The van der Waals surface area contributed by atoms with Gasteiger partial charge >= 0.3 is 0 Å². The normalized spacial score (nSPS) is 25.6. The highest BCUT2D eigenvalue weighted by molar-refractivity contribution is 7.92.